The van der Waals surface area contributed by atoms with Crippen molar-refractivity contribution in [3.05, 3.63) is 32.8 Å². The van der Waals surface area contributed by atoms with Crippen LogP contribution in [0.25, 0.3) is 10.2 Å². The molecule has 0 N–H and O–H groups in total. The fourth-order valence-electron chi connectivity index (χ4n) is 1.82. The summed E-state index contributed by atoms with van der Waals surface area (Å²) >= 11 is 1.41. The number of nitrogens with zero attached hydrogens (tertiary/aromatic N) is 2. The molecule has 2 rings (SSSR count). The van der Waals surface area contributed by atoms with Gasteiger partial charge in [-0.2, -0.15) is 0 Å². The van der Waals surface area contributed by atoms with Crippen molar-refractivity contribution in [2.24, 2.45) is 0 Å². The van der Waals surface area contributed by atoms with Gasteiger partial charge in [0.05, 0.1) is 20.1 Å². The van der Waals surface area contributed by atoms with Crippen LogP contribution < -0.4 is 0 Å². The topological polar surface area (TPSA) is 73.1 Å². The van der Waals surface area contributed by atoms with Crippen molar-refractivity contribution in [1.29, 1.82) is 0 Å². The number of rotatable bonds is 3. The zero-order valence-corrected chi connectivity index (χ0v) is 11.1. The van der Waals surface area contributed by atoms with Crippen LogP contribution in [-0.4, -0.2) is 15.7 Å². The van der Waals surface area contributed by atoms with E-state index in [0.717, 1.165) is 9.71 Å². The first-order chi connectivity index (χ1) is 8.40. The first-order valence-electron chi connectivity index (χ1n) is 5.46. The minimum Gasteiger partial charge on any atom is -0.299 e. The first kappa shape index (κ1) is 12.6. The van der Waals surface area contributed by atoms with Crippen molar-refractivity contribution in [1.82, 2.24) is 4.98 Å². The molecule has 0 amide bonds. The van der Waals surface area contributed by atoms with Crippen LogP contribution in [0.5, 0.6) is 0 Å². The summed E-state index contributed by atoms with van der Waals surface area (Å²) in [7, 11) is 0. The van der Waals surface area contributed by atoms with Crippen LogP contribution in [-0.2, 0) is 4.79 Å². The summed E-state index contributed by atoms with van der Waals surface area (Å²) in [5, 5.41) is 11.9. The van der Waals surface area contributed by atoms with Crippen LogP contribution in [0, 0.1) is 17.0 Å². The molecule has 0 saturated carbocycles. The smallest absolute Gasteiger partial charge is 0.274 e. The number of nitro benzene ring substituents is 1. The molecule has 0 bridgehead atoms. The zero-order chi connectivity index (χ0) is 13.4. The van der Waals surface area contributed by atoms with E-state index in [4.69, 9.17) is 0 Å². The number of carbonyl (C=O) groups is 1. The molecule has 0 aliphatic rings. The van der Waals surface area contributed by atoms with Crippen molar-refractivity contribution >= 4 is 33.0 Å². The molecule has 18 heavy (non-hydrogen) atoms. The lowest BCUT2D eigenvalue weighted by Crippen LogP contribution is -2.07. The van der Waals surface area contributed by atoms with Gasteiger partial charge in [0.25, 0.3) is 5.69 Å². The Morgan fingerprint density at radius 3 is 2.72 bits per heavy atom. The summed E-state index contributed by atoms with van der Waals surface area (Å²) in [5.74, 6) is -0.582. The highest BCUT2D eigenvalue weighted by atomic mass is 32.1. The van der Waals surface area contributed by atoms with Gasteiger partial charge in [-0.1, -0.05) is 6.92 Å². The largest absolute Gasteiger partial charge is 0.299 e. The van der Waals surface area contributed by atoms with Crippen molar-refractivity contribution < 1.29 is 9.72 Å². The van der Waals surface area contributed by atoms with E-state index in [9.17, 15) is 14.9 Å². The van der Waals surface area contributed by atoms with Crippen LogP contribution in [0.15, 0.2) is 12.1 Å². The SMILES string of the molecule is CC(=O)C(C)c1cc2nc(C)sc2cc1[N+](=O)[O-]. The second-order valence-electron chi connectivity index (χ2n) is 4.20. The molecule has 5 nitrogen and oxygen atoms in total. The lowest BCUT2D eigenvalue weighted by atomic mass is 9.95. The molecular formula is C12H12N2O3S. The predicted molar refractivity (Wildman–Crippen MR) is 70.1 cm³/mol. The molecule has 0 fully saturated rings. The van der Waals surface area contributed by atoms with Crippen LogP contribution >= 0.6 is 11.3 Å². The van der Waals surface area contributed by atoms with E-state index in [1.807, 2.05) is 6.92 Å². The first-order valence-corrected chi connectivity index (χ1v) is 6.27. The number of carbonyl (C=O) groups excluding carboxylic acids is 1. The highest BCUT2D eigenvalue weighted by Crippen LogP contribution is 2.33. The monoisotopic (exact) mass is 264 g/mol. The summed E-state index contributed by atoms with van der Waals surface area (Å²) in [6, 6.07) is 3.16. The molecule has 1 heterocycles. The molecule has 0 saturated heterocycles. The van der Waals surface area contributed by atoms with Crippen molar-refractivity contribution in [2.45, 2.75) is 26.7 Å². The van der Waals surface area contributed by atoms with Gasteiger partial charge in [-0.15, -0.1) is 11.3 Å². The van der Waals surface area contributed by atoms with Gasteiger partial charge in [0.1, 0.15) is 5.78 Å². The third-order valence-electron chi connectivity index (χ3n) is 2.92. The maximum atomic E-state index is 11.4. The van der Waals surface area contributed by atoms with Gasteiger partial charge < -0.3 is 0 Å². The number of hydrogen-bond acceptors (Lipinski definition) is 5. The van der Waals surface area contributed by atoms with Gasteiger partial charge in [0.15, 0.2) is 0 Å². The summed E-state index contributed by atoms with van der Waals surface area (Å²) in [4.78, 5) is 26.4. The highest BCUT2D eigenvalue weighted by Gasteiger charge is 2.23. The number of hydrogen-bond donors (Lipinski definition) is 0. The van der Waals surface area contributed by atoms with E-state index in [1.165, 1.54) is 24.3 Å². The lowest BCUT2D eigenvalue weighted by molar-refractivity contribution is -0.385. The van der Waals surface area contributed by atoms with Crippen LogP contribution in [0.4, 0.5) is 5.69 Å². The predicted octanol–water partition coefficient (Wildman–Crippen LogP) is 3.21. The molecule has 94 valence electrons. The Hall–Kier alpha value is -1.82. The Balaban J connectivity index is 2.72. The Morgan fingerprint density at radius 1 is 1.50 bits per heavy atom. The van der Waals surface area contributed by atoms with Gasteiger partial charge >= 0.3 is 0 Å². The quantitative estimate of drug-likeness (QED) is 0.630. The Morgan fingerprint density at radius 2 is 2.17 bits per heavy atom. The second-order valence-corrected chi connectivity index (χ2v) is 5.44. The maximum Gasteiger partial charge on any atom is 0.274 e. The Labute approximate surface area is 108 Å². The molecule has 0 aliphatic carbocycles. The lowest BCUT2D eigenvalue weighted by Gasteiger charge is -2.08. The van der Waals surface area contributed by atoms with Crippen molar-refractivity contribution in [3.63, 3.8) is 0 Å². The molecule has 0 aliphatic heterocycles. The molecular weight excluding hydrogens is 252 g/mol. The Bertz CT molecular complexity index is 648. The summed E-state index contributed by atoms with van der Waals surface area (Å²) in [6.07, 6.45) is 0. The van der Waals surface area contributed by atoms with Crippen molar-refractivity contribution in [3.8, 4) is 0 Å². The normalized spacial score (nSPS) is 12.6. The summed E-state index contributed by atoms with van der Waals surface area (Å²) in [5.41, 5.74) is 1.14. The number of Topliss-reactive ketones (excluding diaryl/α,β-unsaturated/α-hetero) is 1. The van der Waals surface area contributed by atoms with E-state index < -0.39 is 10.8 Å². The highest BCUT2D eigenvalue weighted by molar-refractivity contribution is 7.18. The minimum atomic E-state index is -0.489. The third-order valence-corrected chi connectivity index (χ3v) is 3.85. The molecule has 1 aromatic carbocycles. The zero-order valence-electron chi connectivity index (χ0n) is 10.3. The van der Waals surface area contributed by atoms with Crippen LogP contribution in [0.3, 0.4) is 0 Å². The van der Waals surface area contributed by atoms with Gasteiger partial charge in [0.2, 0.25) is 0 Å². The number of nitro groups is 1. The molecule has 1 unspecified atom stereocenters. The Kier molecular flexibility index (Phi) is 3.13. The van der Waals surface area contributed by atoms with E-state index in [2.05, 4.69) is 4.98 Å². The average molecular weight is 264 g/mol. The third kappa shape index (κ3) is 2.11. The molecule has 2 aromatic rings. The summed E-state index contributed by atoms with van der Waals surface area (Å²) in [6.45, 7) is 4.96. The van der Waals surface area contributed by atoms with E-state index >= 15 is 0 Å². The number of aromatic nitrogens is 1. The second kappa shape index (κ2) is 4.45. The maximum absolute atomic E-state index is 11.4. The van der Waals surface area contributed by atoms with Gasteiger partial charge in [-0.25, -0.2) is 4.98 Å². The van der Waals surface area contributed by atoms with Crippen molar-refractivity contribution in [2.75, 3.05) is 0 Å². The summed E-state index contributed by atoms with van der Waals surface area (Å²) < 4.78 is 0.777. The minimum absolute atomic E-state index is 0.00569. The van der Waals surface area contributed by atoms with Gasteiger partial charge in [-0.3, -0.25) is 14.9 Å². The number of benzene rings is 1. The van der Waals surface area contributed by atoms with E-state index in [-0.39, 0.29) is 11.5 Å². The molecule has 1 atom stereocenters. The van der Waals surface area contributed by atoms with E-state index in [0.29, 0.717) is 11.1 Å². The average Bonchev–Trinajstić information content (AvgIpc) is 2.65. The van der Waals surface area contributed by atoms with Gasteiger partial charge in [-0.05, 0) is 19.9 Å². The fraction of sp³-hybridized carbons (Fsp3) is 0.333. The van der Waals surface area contributed by atoms with Gasteiger partial charge in [0, 0.05) is 17.5 Å². The molecule has 0 radical (unpaired) electrons. The number of fused-ring (bicyclic) bond motifs is 1. The molecule has 6 heteroatoms. The van der Waals surface area contributed by atoms with Crippen LogP contribution in [0.2, 0.25) is 0 Å². The number of ketones is 1. The molecule has 0 spiro atoms. The molecule has 1 aromatic heterocycles. The van der Waals surface area contributed by atoms with E-state index in [1.54, 1.807) is 13.0 Å². The fourth-order valence-corrected chi connectivity index (χ4v) is 2.66. The van der Waals surface area contributed by atoms with Crippen LogP contribution in [0.1, 0.15) is 30.3 Å². The number of aryl methyl sites for hydroxylation is 1. The standard InChI is InChI=1S/C12H12N2O3S/c1-6(7(2)15)9-4-10-12(18-8(3)13-10)5-11(9)14(16)17/h4-6H,1-3H3. The number of thiazole rings is 1.